The summed E-state index contributed by atoms with van der Waals surface area (Å²) in [6.07, 6.45) is 7.56. The Morgan fingerprint density at radius 1 is 1.08 bits per heavy atom. The summed E-state index contributed by atoms with van der Waals surface area (Å²) in [4.78, 5) is 27.2. The molecule has 0 spiro atoms. The molecule has 0 bridgehead atoms. The third-order valence-electron chi connectivity index (χ3n) is 5.75. The summed E-state index contributed by atoms with van der Waals surface area (Å²) in [5, 5.41) is 6.24. The fourth-order valence-corrected chi connectivity index (χ4v) is 4.15. The molecule has 2 amide bonds. The minimum Gasteiger partial charge on any atom is -0.339 e. The predicted octanol–water partition coefficient (Wildman–Crippen LogP) is 3.28. The Bertz CT molecular complexity index is 617. The molecule has 1 aromatic rings. The number of rotatable bonds is 5. The minimum absolute atomic E-state index is 0.0710. The smallest absolute Gasteiger partial charge is 0.253 e. The van der Waals surface area contributed by atoms with Crippen molar-refractivity contribution in [3.63, 3.8) is 0 Å². The van der Waals surface area contributed by atoms with Gasteiger partial charge < -0.3 is 15.5 Å². The van der Waals surface area contributed by atoms with Crippen LogP contribution < -0.4 is 10.6 Å². The highest BCUT2D eigenvalue weighted by Crippen LogP contribution is 2.25. The first-order chi connectivity index (χ1) is 12.7. The lowest BCUT2D eigenvalue weighted by molar-refractivity contribution is -0.120. The molecule has 2 aliphatic rings. The maximum Gasteiger partial charge on any atom is 0.253 e. The first kappa shape index (κ1) is 18.9. The summed E-state index contributed by atoms with van der Waals surface area (Å²) >= 11 is 0. The van der Waals surface area contributed by atoms with Crippen LogP contribution in [0.2, 0.25) is 0 Å². The van der Waals surface area contributed by atoms with Crippen molar-refractivity contribution >= 4 is 17.5 Å². The van der Waals surface area contributed by atoms with Crippen LogP contribution in [0.4, 0.5) is 5.69 Å². The summed E-state index contributed by atoms with van der Waals surface area (Å²) in [7, 11) is 1.98. The van der Waals surface area contributed by atoms with Crippen LogP contribution in [0.25, 0.3) is 0 Å². The predicted molar refractivity (Wildman–Crippen MR) is 104 cm³/mol. The van der Waals surface area contributed by atoms with Crippen molar-refractivity contribution in [1.29, 1.82) is 0 Å². The van der Waals surface area contributed by atoms with E-state index in [1.807, 2.05) is 36.2 Å². The molecule has 5 heteroatoms. The normalized spacial score (nSPS) is 19.3. The second kappa shape index (κ2) is 9.17. The SMILES string of the molecule is CNCC1CCN(C(=O)c2cccc(NC(=O)C3CCCCC3)c2)CC1. The van der Waals surface area contributed by atoms with E-state index < -0.39 is 0 Å². The number of nitrogens with one attached hydrogen (secondary N) is 2. The Morgan fingerprint density at radius 3 is 2.50 bits per heavy atom. The molecule has 1 aliphatic carbocycles. The number of piperidine rings is 1. The maximum atomic E-state index is 12.8. The molecule has 1 aromatic carbocycles. The standard InChI is InChI=1S/C21H31N3O2/c1-22-15-16-10-12-24(13-11-16)21(26)18-8-5-9-19(14-18)23-20(25)17-6-3-2-4-7-17/h5,8-9,14,16-17,22H,2-4,6-7,10-13,15H2,1H3,(H,23,25). The molecule has 0 radical (unpaired) electrons. The second-order valence-electron chi connectivity index (χ2n) is 7.70. The number of benzene rings is 1. The van der Waals surface area contributed by atoms with Gasteiger partial charge >= 0.3 is 0 Å². The average Bonchev–Trinajstić information content (AvgIpc) is 2.69. The molecule has 0 atom stereocenters. The average molecular weight is 357 g/mol. The Hall–Kier alpha value is -1.88. The van der Waals surface area contributed by atoms with Gasteiger partial charge in [-0.2, -0.15) is 0 Å². The minimum atomic E-state index is 0.0710. The Kier molecular flexibility index (Phi) is 6.67. The molecule has 0 aromatic heterocycles. The van der Waals surface area contributed by atoms with Crippen molar-refractivity contribution < 1.29 is 9.59 Å². The second-order valence-corrected chi connectivity index (χ2v) is 7.70. The van der Waals surface area contributed by atoms with E-state index in [0.717, 1.165) is 63.8 Å². The van der Waals surface area contributed by atoms with Gasteiger partial charge in [-0.25, -0.2) is 0 Å². The molecular weight excluding hydrogens is 326 g/mol. The van der Waals surface area contributed by atoms with Crippen LogP contribution in [0.15, 0.2) is 24.3 Å². The largest absolute Gasteiger partial charge is 0.339 e. The molecule has 5 nitrogen and oxygen atoms in total. The summed E-state index contributed by atoms with van der Waals surface area (Å²) in [5.41, 5.74) is 1.40. The van der Waals surface area contributed by atoms with E-state index >= 15 is 0 Å². The van der Waals surface area contributed by atoms with E-state index in [1.54, 1.807) is 0 Å². The van der Waals surface area contributed by atoms with Crippen molar-refractivity contribution in [3.8, 4) is 0 Å². The zero-order valence-electron chi connectivity index (χ0n) is 15.8. The monoisotopic (exact) mass is 357 g/mol. The topological polar surface area (TPSA) is 61.4 Å². The van der Waals surface area contributed by atoms with E-state index in [4.69, 9.17) is 0 Å². The first-order valence-electron chi connectivity index (χ1n) is 10.0. The third kappa shape index (κ3) is 4.85. The van der Waals surface area contributed by atoms with Crippen LogP contribution in [0.3, 0.4) is 0 Å². The number of amides is 2. The highest BCUT2D eigenvalue weighted by atomic mass is 16.2. The number of carbonyl (C=O) groups excluding carboxylic acids is 2. The van der Waals surface area contributed by atoms with Gasteiger partial charge in [0.1, 0.15) is 0 Å². The highest BCUT2D eigenvalue weighted by molar-refractivity contribution is 5.97. The molecule has 0 unspecified atom stereocenters. The molecule has 2 N–H and O–H groups in total. The van der Waals surface area contributed by atoms with E-state index in [9.17, 15) is 9.59 Å². The van der Waals surface area contributed by atoms with Gasteiger partial charge in [-0.15, -0.1) is 0 Å². The number of likely N-dealkylation sites (tertiary alicyclic amines) is 1. The van der Waals surface area contributed by atoms with Crippen LogP contribution in [-0.2, 0) is 4.79 Å². The fourth-order valence-electron chi connectivity index (χ4n) is 4.15. The van der Waals surface area contributed by atoms with E-state index in [1.165, 1.54) is 6.42 Å². The van der Waals surface area contributed by atoms with Gasteiger partial charge in [0, 0.05) is 30.3 Å². The summed E-state index contributed by atoms with van der Waals surface area (Å²) in [5.74, 6) is 0.948. The van der Waals surface area contributed by atoms with Crippen molar-refractivity contribution in [2.24, 2.45) is 11.8 Å². The van der Waals surface area contributed by atoms with Gasteiger partial charge in [0.05, 0.1) is 0 Å². The highest BCUT2D eigenvalue weighted by Gasteiger charge is 2.24. The van der Waals surface area contributed by atoms with E-state index in [-0.39, 0.29) is 17.7 Å². The van der Waals surface area contributed by atoms with Crippen LogP contribution in [0, 0.1) is 11.8 Å². The summed E-state index contributed by atoms with van der Waals surface area (Å²) < 4.78 is 0. The van der Waals surface area contributed by atoms with Gasteiger partial charge in [0.25, 0.3) is 5.91 Å². The Labute approximate surface area is 156 Å². The number of carbonyl (C=O) groups is 2. The van der Waals surface area contributed by atoms with Crippen LogP contribution in [0.5, 0.6) is 0 Å². The van der Waals surface area contributed by atoms with Crippen molar-refractivity contribution in [2.75, 3.05) is 32.0 Å². The molecule has 2 fully saturated rings. The van der Waals surface area contributed by atoms with E-state index in [0.29, 0.717) is 11.5 Å². The van der Waals surface area contributed by atoms with Gasteiger partial charge in [0.2, 0.25) is 5.91 Å². The van der Waals surface area contributed by atoms with Gasteiger partial charge in [-0.05, 0) is 63.4 Å². The Morgan fingerprint density at radius 2 is 1.81 bits per heavy atom. The van der Waals surface area contributed by atoms with Crippen molar-refractivity contribution in [1.82, 2.24) is 10.2 Å². The van der Waals surface area contributed by atoms with Crippen molar-refractivity contribution in [3.05, 3.63) is 29.8 Å². The lowest BCUT2D eigenvalue weighted by atomic mass is 9.88. The van der Waals surface area contributed by atoms with Crippen molar-refractivity contribution in [2.45, 2.75) is 44.9 Å². The van der Waals surface area contributed by atoms with Crippen LogP contribution in [0.1, 0.15) is 55.3 Å². The summed E-state index contributed by atoms with van der Waals surface area (Å²) in [6.45, 7) is 2.64. The molecule has 1 aliphatic heterocycles. The van der Waals surface area contributed by atoms with Gasteiger partial charge in [0.15, 0.2) is 0 Å². The van der Waals surface area contributed by atoms with Crippen LogP contribution in [-0.4, -0.2) is 43.4 Å². The lowest BCUT2D eigenvalue weighted by Gasteiger charge is -2.32. The molecule has 1 saturated heterocycles. The number of anilines is 1. The van der Waals surface area contributed by atoms with Gasteiger partial charge in [-0.1, -0.05) is 25.3 Å². The molecule has 1 saturated carbocycles. The molecule has 26 heavy (non-hydrogen) atoms. The Balaban J connectivity index is 1.58. The fraction of sp³-hybridized carbons (Fsp3) is 0.619. The lowest BCUT2D eigenvalue weighted by Crippen LogP contribution is -2.40. The van der Waals surface area contributed by atoms with E-state index in [2.05, 4.69) is 10.6 Å². The molecule has 142 valence electrons. The zero-order chi connectivity index (χ0) is 18.4. The number of hydrogen-bond donors (Lipinski definition) is 2. The molecule has 1 heterocycles. The molecular formula is C21H31N3O2. The maximum absolute atomic E-state index is 12.8. The van der Waals surface area contributed by atoms with Crippen LogP contribution >= 0.6 is 0 Å². The summed E-state index contributed by atoms with van der Waals surface area (Å²) in [6, 6.07) is 7.40. The number of hydrogen-bond acceptors (Lipinski definition) is 3. The first-order valence-corrected chi connectivity index (χ1v) is 10.0. The third-order valence-corrected chi connectivity index (χ3v) is 5.75. The zero-order valence-corrected chi connectivity index (χ0v) is 15.8. The quantitative estimate of drug-likeness (QED) is 0.850. The molecule has 3 rings (SSSR count). The van der Waals surface area contributed by atoms with Gasteiger partial charge in [-0.3, -0.25) is 9.59 Å². The number of nitrogens with zero attached hydrogens (tertiary/aromatic N) is 1.